The van der Waals surface area contributed by atoms with Crippen molar-refractivity contribution in [3.8, 4) is 0 Å². The fraction of sp³-hybridized carbons (Fsp3) is 1.00. The SMILES string of the molecule is CCN1CCN(CC)CCN(C(C)C(C)C)CC1. The molecule has 0 aliphatic carbocycles. The Labute approximate surface area is 114 Å². The van der Waals surface area contributed by atoms with Crippen molar-refractivity contribution in [2.24, 2.45) is 5.92 Å². The molecular weight excluding hydrogens is 222 g/mol. The molecule has 0 aromatic rings. The molecule has 1 saturated heterocycles. The molecule has 3 heteroatoms. The van der Waals surface area contributed by atoms with E-state index in [0.717, 1.165) is 5.92 Å². The summed E-state index contributed by atoms with van der Waals surface area (Å²) in [4.78, 5) is 7.86. The van der Waals surface area contributed by atoms with Crippen LogP contribution in [0.3, 0.4) is 0 Å². The predicted molar refractivity (Wildman–Crippen MR) is 80.1 cm³/mol. The van der Waals surface area contributed by atoms with E-state index in [-0.39, 0.29) is 0 Å². The second-order valence-corrected chi connectivity index (χ2v) is 5.89. The van der Waals surface area contributed by atoms with E-state index in [1.165, 1.54) is 52.4 Å². The molecule has 1 unspecified atom stereocenters. The van der Waals surface area contributed by atoms with Gasteiger partial charge in [-0.15, -0.1) is 0 Å². The lowest BCUT2D eigenvalue weighted by molar-refractivity contribution is 0.145. The van der Waals surface area contributed by atoms with Crippen molar-refractivity contribution in [2.75, 3.05) is 52.4 Å². The lowest BCUT2D eigenvalue weighted by atomic mass is 10.0. The molecule has 108 valence electrons. The molecule has 1 rings (SSSR count). The minimum absolute atomic E-state index is 0.695. The van der Waals surface area contributed by atoms with Gasteiger partial charge in [-0.2, -0.15) is 0 Å². The van der Waals surface area contributed by atoms with E-state index in [1.807, 2.05) is 0 Å². The molecule has 18 heavy (non-hydrogen) atoms. The first-order chi connectivity index (χ1) is 8.58. The van der Waals surface area contributed by atoms with Gasteiger partial charge in [-0.05, 0) is 25.9 Å². The van der Waals surface area contributed by atoms with Gasteiger partial charge in [0.25, 0.3) is 0 Å². The molecule has 0 bridgehead atoms. The summed E-state index contributed by atoms with van der Waals surface area (Å²) in [6, 6.07) is 0.695. The van der Waals surface area contributed by atoms with Gasteiger partial charge in [0, 0.05) is 45.3 Å². The highest BCUT2D eigenvalue weighted by Crippen LogP contribution is 2.11. The van der Waals surface area contributed by atoms with Crippen LogP contribution in [0.4, 0.5) is 0 Å². The molecule has 1 fully saturated rings. The third-order valence-corrected chi connectivity index (χ3v) is 4.57. The van der Waals surface area contributed by atoms with Crippen LogP contribution in [0.15, 0.2) is 0 Å². The van der Waals surface area contributed by atoms with Crippen LogP contribution in [0.25, 0.3) is 0 Å². The zero-order chi connectivity index (χ0) is 13.5. The number of rotatable bonds is 4. The summed E-state index contributed by atoms with van der Waals surface area (Å²) in [6.45, 7) is 21.4. The van der Waals surface area contributed by atoms with E-state index in [1.54, 1.807) is 0 Å². The van der Waals surface area contributed by atoms with Crippen LogP contribution in [0.1, 0.15) is 34.6 Å². The fourth-order valence-corrected chi connectivity index (χ4v) is 2.62. The molecule has 3 nitrogen and oxygen atoms in total. The average Bonchev–Trinajstić information content (AvgIpc) is 2.47. The van der Waals surface area contributed by atoms with Gasteiger partial charge >= 0.3 is 0 Å². The van der Waals surface area contributed by atoms with Gasteiger partial charge < -0.3 is 9.80 Å². The van der Waals surface area contributed by atoms with Gasteiger partial charge in [0.2, 0.25) is 0 Å². The quantitative estimate of drug-likeness (QED) is 0.761. The Morgan fingerprint density at radius 1 is 0.722 bits per heavy atom. The average molecular weight is 255 g/mol. The van der Waals surface area contributed by atoms with Gasteiger partial charge in [0.1, 0.15) is 0 Å². The van der Waals surface area contributed by atoms with Crippen LogP contribution in [0.5, 0.6) is 0 Å². The lowest BCUT2D eigenvalue weighted by Gasteiger charge is -2.33. The van der Waals surface area contributed by atoms with Crippen LogP contribution in [-0.2, 0) is 0 Å². The second kappa shape index (κ2) is 8.13. The van der Waals surface area contributed by atoms with E-state index in [4.69, 9.17) is 0 Å². The molecule has 0 amide bonds. The highest BCUT2D eigenvalue weighted by molar-refractivity contribution is 4.76. The smallest absolute Gasteiger partial charge is 0.0113 e. The molecule has 1 aliphatic rings. The maximum Gasteiger partial charge on any atom is 0.0113 e. The Bertz CT molecular complexity index is 202. The minimum Gasteiger partial charge on any atom is -0.301 e. The molecule has 0 spiro atoms. The topological polar surface area (TPSA) is 9.72 Å². The van der Waals surface area contributed by atoms with Crippen molar-refractivity contribution in [3.63, 3.8) is 0 Å². The van der Waals surface area contributed by atoms with Crippen molar-refractivity contribution in [1.82, 2.24) is 14.7 Å². The molecule has 1 atom stereocenters. The first kappa shape index (κ1) is 15.9. The summed E-state index contributed by atoms with van der Waals surface area (Å²) in [5.74, 6) is 0.746. The summed E-state index contributed by atoms with van der Waals surface area (Å²) >= 11 is 0. The second-order valence-electron chi connectivity index (χ2n) is 5.89. The molecular formula is C15H33N3. The van der Waals surface area contributed by atoms with Crippen molar-refractivity contribution in [1.29, 1.82) is 0 Å². The van der Waals surface area contributed by atoms with E-state index < -0.39 is 0 Å². The summed E-state index contributed by atoms with van der Waals surface area (Å²) in [7, 11) is 0. The van der Waals surface area contributed by atoms with Gasteiger partial charge in [-0.3, -0.25) is 4.90 Å². The van der Waals surface area contributed by atoms with Gasteiger partial charge in [0.05, 0.1) is 0 Å². The third-order valence-electron chi connectivity index (χ3n) is 4.57. The van der Waals surface area contributed by atoms with E-state index in [9.17, 15) is 0 Å². The normalized spacial score (nSPS) is 23.7. The molecule has 0 N–H and O–H groups in total. The molecule has 0 radical (unpaired) electrons. The standard InChI is InChI=1S/C15H33N3/c1-6-16-8-9-17(7-2)11-13-18(12-10-16)15(5)14(3)4/h14-15H,6-13H2,1-5H3. The Kier molecular flexibility index (Phi) is 7.20. The Morgan fingerprint density at radius 2 is 1.11 bits per heavy atom. The Balaban J connectivity index is 2.62. The fourth-order valence-electron chi connectivity index (χ4n) is 2.62. The first-order valence-corrected chi connectivity index (χ1v) is 7.77. The number of hydrogen-bond acceptors (Lipinski definition) is 3. The van der Waals surface area contributed by atoms with Crippen LogP contribution >= 0.6 is 0 Å². The van der Waals surface area contributed by atoms with Gasteiger partial charge in [-0.1, -0.05) is 27.7 Å². The van der Waals surface area contributed by atoms with Crippen molar-refractivity contribution in [3.05, 3.63) is 0 Å². The van der Waals surface area contributed by atoms with Gasteiger partial charge in [0.15, 0.2) is 0 Å². The summed E-state index contributed by atoms with van der Waals surface area (Å²) in [5.41, 5.74) is 0. The van der Waals surface area contributed by atoms with Crippen molar-refractivity contribution < 1.29 is 0 Å². The van der Waals surface area contributed by atoms with Gasteiger partial charge in [-0.25, -0.2) is 0 Å². The van der Waals surface area contributed by atoms with Crippen LogP contribution in [0.2, 0.25) is 0 Å². The minimum atomic E-state index is 0.695. The number of nitrogens with zero attached hydrogens (tertiary/aromatic N) is 3. The number of hydrogen-bond donors (Lipinski definition) is 0. The van der Waals surface area contributed by atoms with E-state index in [0.29, 0.717) is 6.04 Å². The summed E-state index contributed by atoms with van der Waals surface area (Å²) in [6.07, 6.45) is 0. The summed E-state index contributed by atoms with van der Waals surface area (Å²) < 4.78 is 0. The maximum atomic E-state index is 2.68. The molecule has 0 aromatic heterocycles. The Morgan fingerprint density at radius 3 is 1.44 bits per heavy atom. The van der Waals surface area contributed by atoms with Crippen LogP contribution in [-0.4, -0.2) is 73.1 Å². The first-order valence-electron chi connectivity index (χ1n) is 7.77. The number of likely N-dealkylation sites (N-methyl/N-ethyl adjacent to an activating group) is 2. The van der Waals surface area contributed by atoms with Crippen molar-refractivity contribution in [2.45, 2.75) is 40.7 Å². The Hall–Kier alpha value is -0.120. The molecule has 1 aliphatic heterocycles. The largest absolute Gasteiger partial charge is 0.301 e. The molecule has 0 saturated carbocycles. The molecule has 0 aromatic carbocycles. The lowest BCUT2D eigenvalue weighted by Crippen LogP contribution is -2.43. The highest BCUT2D eigenvalue weighted by Gasteiger charge is 2.20. The highest BCUT2D eigenvalue weighted by atomic mass is 15.3. The zero-order valence-electron chi connectivity index (χ0n) is 13.2. The summed E-state index contributed by atoms with van der Waals surface area (Å²) in [5, 5.41) is 0. The van der Waals surface area contributed by atoms with E-state index >= 15 is 0 Å². The van der Waals surface area contributed by atoms with Crippen LogP contribution in [0, 0.1) is 5.92 Å². The van der Waals surface area contributed by atoms with E-state index in [2.05, 4.69) is 49.3 Å². The predicted octanol–water partition coefficient (Wildman–Crippen LogP) is 1.99. The third kappa shape index (κ3) is 4.87. The van der Waals surface area contributed by atoms with Crippen molar-refractivity contribution >= 4 is 0 Å². The monoisotopic (exact) mass is 255 g/mol. The van der Waals surface area contributed by atoms with Crippen LogP contribution < -0.4 is 0 Å². The maximum absolute atomic E-state index is 2.68. The molecule has 1 heterocycles. The zero-order valence-corrected chi connectivity index (χ0v) is 13.2.